The van der Waals surface area contributed by atoms with Gasteiger partial charge < -0.3 is 19.9 Å². The highest BCUT2D eigenvalue weighted by Gasteiger charge is 2.35. The number of allylic oxidation sites excluding steroid dienone is 1. The van der Waals surface area contributed by atoms with Crippen molar-refractivity contribution in [1.82, 2.24) is 10.2 Å². The van der Waals surface area contributed by atoms with E-state index in [1.807, 2.05) is 18.2 Å². The second-order valence-corrected chi connectivity index (χ2v) is 8.11. The zero-order valence-corrected chi connectivity index (χ0v) is 17.0. The summed E-state index contributed by atoms with van der Waals surface area (Å²) in [6, 6.07) is 16.2. The van der Waals surface area contributed by atoms with Gasteiger partial charge in [-0.3, -0.25) is 5.10 Å². The molecule has 7 nitrogen and oxygen atoms in total. The van der Waals surface area contributed by atoms with Gasteiger partial charge in [-0.2, -0.15) is 5.26 Å². The van der Waals surface area contributed by atoms with Gasteiger partial charge in [0.2, 0.25) is 18.6 Å². The summed E-state index contributed by atoms with van der Waals surface area (Å²) in [5, 5.41) is 17.2. The number of hydrogen-bond acceptors (Lipinski definition) is 7. The number of ether oxygens (including phenoxy) is 3. The number of H-pyrrole nitrogens is 1. The zero-order valence-electron chi connectivity index (χ0n) is 16.1. The first-order chi connectivity index (χ1) is 14.6. The molecule has 30 heavy (non-hydrogen) atoms. The van der Waals surface area contributed by atoms with Crippen molar-refractivity contribution in [3.8, 4) is 23.4 Å². The lowest BCUT2D eigenvalue weighted by Gasteiger charge is -2.24. The minimum absolute atomic E-state index is 0.0666. The average Bonchev–Trinajstić information content (AvgIpc) is 3.38. The van der Waals surface area contributed by atoms with Gasteiger partial charge in [0, 0.05) is 10.6 Å². The molecule has 0 amide bonds. The number of rotatable bonds is 4. The Bertz CT molecular complexity index is 1190. The second kappa shape index (κ2) is 7.35. The predicted molar refractivity (Wildman–Crippen MR) is 111 cm³/mol. The number of aryl methyl sites for hydroxylation is 1. The Hall–Kier alpha value is -3.57. The summed E-state index contributed by atoms with van der Waals surface area (Å²) in [4.78, 5) is 1.15. The number of hydrogen-bond donors (Lipinski definition) is 2. The summed E-state index contributed by atoms with van der Waals surface area (Å²) in [6.45, 7) is 2.25. The molecule has 0 fully saturated rings. The number of nitrogens with two attached hydrogens (primary N) is 1. The molecule has 1 aromatic heterocycles. The van der Waals surface area contributed by atoms with Crippen molar-refractivity contribution in [1.29, 1.82) is 5.26 Å². The molecule has 5 rings (SSSR count). The Balaban J connectivity index is 1.53. The Morgan fingerprint density at radius 3 is 2.80 bits per heavy atom. The molecule has 0 saturated carbocycles. The summed E-state index contributed by atoms with van der Waals surface area (Å²) in [5.74, 6) is 2.04. The molecule has 8 heteroatoms. The molecule has 3 heterocycles. The summed E-state index contributed by atoms with van der Waals surface area (Å²) >= 11 is 1.68. The third-order valence-corrected chi connectivity index (χ3v) is 6.19. The topological polar surface area (TPSA) is 106 Å². The Labute approximate surface area is 177 Å². The lowest BCUT2D eigenvalue weighted by atomic mass is 9.84. The highest BCUT2D eigenvalue weighted by atomic mass is 32.2. The van der Waals surface area contributed by atoms with Gasteiger partial charge >= 0.3 is 0 Å². The van der Waals surface area contributed by atoms with Crippen molar-refractivity contribution in [2.24, 2.45) is 5.73 Å². The summed E-state index contributed by atoms with van der Waals surface area (Å²) in [5.41, 5.74) is 10.2. The SMILES string of the molecule is Cc1ccc(SCc2[nH]nc3c2[C@H](c2ccc4c(c2)OCO4)C(C#N)=C(N)O3)cc1. The van der Waals surface area contributed by atoms with Crippen LogP contribution in [0.1, 0.15) is 28.3 Å². The number of fused-ring (bicyclic) bond motifs is 2. The van der Waals surface area contributed by atoms with Gasteiger partial charge in [-0.05, 0) is 36.8 Å². The van der Waals surface area contributed by atoms with E-state index in [1.165, 1.54) is 5.56 Å². The maximum Gasteiger partial charge on any atom is 0.244 e. The summed E-state index contributed by atoms with van der Waals surface area (Å²) in [6.07, 6.45) is 0. The fraction of sp³-hybridized carbons (Fsp3) is 0.182. The van der Waals surface area contributed by atoms with Crippen molar-refractivity contribution < 1.29 is 14.2 Å². The number of nitrogens with zero attached hydrogens (tertiary/aromatic N) is 2. The first kappa shape index (κ1) is 18.5. The maximum atomic E-state index is 9.81. The molecule has 0 saturated heterocycles. The monoisotopic (exact) mass is 418 g/mol. The fourth-order valence-electron chi connectivity index (χ4n) is 3.63. The largest absolute Gasteiger partial charge is 0.454 e. The molecule has 0 spiro atoms. The molecule has 2 aliphatic rings. The maximum absolute atomic E-state index is 9.81. The Kier molecular flexibility index (Phi) is 4.52. The van der Waals surface area contributed by atoms with E-state index in [0.29, 0.717) is 28.7 Å². The van der Waals surface area contributed by atoms with Crippen LogP contribution in [0, 0.1) is 18.3 Å². The van der Waals surface area contributed by atoms with Crippen molar-refractivity contribution in [3.05, 3.63) is 76.3 Å². The molecular weight excluding hydrogens is 400 g/mol. The molecule has 150 valence electrons. The van der Waals surface area contributed by atoms with Crippen LogP contribution in [0.3, 0.4) is 0 Å². The van der Waals surface area contributed by atoms with Crippen molar-refractivity contribution in [3.63, 3.8) is 0 Å². The quantitative estimate of drug-likeness (QED) is 0.618. The molecule has 0 unspecified atom stereocenters. The third-order valence-electron chi connectivity index (χ3n) is 5.15. The first-order valence-corrected chi connectivity index (χ1v) is 10.4. The van der Waals surface area contributed by atoms with Gasteiger partial charge in [-0.25, -0.2) is 0 Å². The van der Waals surface area contributed by atoms with Crippen LogP contribution >= 0.6 is 11.8 Å². The van der Waals surface area contributed by atoms with Crippen LogP contribution in [0.5, 0.6) is 17.4 Å². The number of thioether (sulfide) groups is 1. The lowest BCUT2D eigenvalue weighted by Crippen LogP contribution is -2.21. The molecule has 3 N–H and O–H groups in total. The Morgan fingerprint density at radius 2 is 2.00 bits per heavy atom. The van der Waals surface area contributed by atoms with Crippen LogP contribution in [0.2, 0.25) is 0 Å². The number of benzene rings is 2. The lowest BCUT2D eigenvalue weighted by molar-refractivity contribution is 0.174. The van der Waals surface area contributed by atoms with Gasteiger partial charge in [0.15, 0.2) is 11.5 Å². The molecule has 1 atom stereocenters. The molecule has 2 aromatic carbocycles. The van der Waals surface area contributed by atoms with Crippen molar-refractivity contribution in [2.75, 3.05) is 6.79 Å². The smallest absolute Gasteiger partial charge is 0.244 e. The standard InChI is InChI=1S/C22H18N4O3S/c1-12-2-5-14(6-3-12)30-10-16-20-19(13-4-7-17-18(8-13)28-11-27-17)15(9-23)21(24)29-22(20)26-25-16/h2-8,19H,10-11,24H2,1H3,(H,25,26)/t19-/m1/s1. The number of aromatic nitrogens is 2. The van der Waals surface area contributed by atoms with Gasteiger partial charge in [0.05, 0.1) is 17.2 Å². The van der Waals surface area contributed by atoms with Gasteiger partial charge in [0.25, 0.3) is 0 Å². The zero-order chi connectivity index (χ0) is 20.7. The second-order valence-electron chi connectivity index (χ2n) is 7.06. The highest BCUT2D eigenvalue weighted by Crippen LogP contribution is 2.46. The van der Waals surface area contributed by atoms with E-state index in [-0.39, 0.29) is 12.7 Å². The Morgan fingerprint density at radius 1 is 1.20 bits per heavy atom. The highest BCUT2D eigenvalue weighted by molar-refractivity contribution is 7.98. The summed E-state index contributed by atoms with van der Waals surface area (Å²) < 4.78 is 16.6. The molecule has 0 aliphatic carbocycles. The van der Waals surface area contributed by atoms with E-state index in [1.54, 1.807) is 11.8 Å². The van der Waals surface area contributed by atoms with Gasteiger partial charge in [0.1, 0.15) is 11.6 Å². The van der Waals surface area contributed by atoms with Gasteiger partial charge in [-0.15, -0.1) is 16.9 Å². The normalized spacial score (nSPS) is 16.7. The van der Waals surface area contributed by atoms with Crippen LogP contribution in [0.25, 0.3) is 0 Å². The van der Waals surface area contributed by atoms with Crippen LogP contribution in [-0.2, 0) is 5.75 Å². The van der Waals surface area contributed by atoms with E-state index in [0.717, 1.165) is 21.7 Å². The van der Waals surface area contributed by atoms with E-state index in [4.69, 9.17) is 19.9 Å². The minimum atomic E-state index is -0.402. The van der Waals surface area contributed by atoms with E-state index >= 15 is 0 Å². The van der Waals surface area contributed by atoms with Crippen LogP contribution in [0.4, 0.5) is 0 Å². The van der Waals surface area contributed by atoms with Crippen LogP contribution in [0.15, 0.2) is 58.8 Å². The fourth-order valence-corrected chi connectivity index (χ4v) is 4.49. The number of aromatic amines is 1. The number of nitrogens with one attached hydrogen (secondary N) is 1. The molecule has 2 aliphatic heterocycles. The van der Waals surface area contributed by atoms with E-state index in [9.17, 15) is 5.26 Å². The molecular formula is C22H18N4O3S. The molecule has 0 radical (unpaired) electrons. The average molecular weight is 418 g/mol. The molecule has 0 bridgehead atoms. The van der Waals surface area contributed by atoms with Crippen molar-refractivity contribution in [2.45, 2.75) is 23.5 Å². The van der Waals surface area contributed by atoms with E-state index < -0.39 is 5.92 Å². The summed E-state index contributed by atoms with van der Waals surface area (Å²) in [7, 11) is 0. The minimum Gasteiger partial charge on any atom is -0.454 e. The van der Waals surface area contributed by atoms with Crippen LogP contribution in [-0.4, -0.2) is 17.0 Å². The van der Waals surface area contributed by atoms with E-state index in [2.05, 4.69) is 47.5 Å². The first-order valence-electron chi connectivity index (χ1n) is 9.38. The number of nitriles is 1. The predicted octanol–water partition coefficient (Wildman–Crippen LogP) is 3.96. The van der Waals surface area contributed by atoms with Crippen LogP contribution < -0.4 is 19.9 Å². The van der Waals surface area contributed by atoms with Gasteiger partial charge in [-0.1, -0.05) is 23.8 Å². The third kappa shape index (κ3) is 3.13. The van der Waals surface area contributed by atoms with Crippen molar-refractivity contribution >= 4 is 11.8 Å². The molecule has 3 aromatic rings.